The van der Waals surface area contributed by atoms with E-state index in [0.29, 0.717) is 0 Å². The molecule has 3 N–H and O–H groups in total. The molecule has 82 valence electrons. The van der Waals surface area contributed by atoms with E-state index < -0.39 is 17.2 Å². The fourth-order valence-electron chi connectivity index (χ4n) is 1.11. The lowest BCUT2D eigenvalue weighted by atomic mass is 10.4. The molecule has 1 aromatic rings. The minimum atomic E-state index is -0.578. The number of anilines is 1. The third-order valence-corrected chi connectivity index (χ3v) is 1.90. The van der Waals surface area contributed by atoms with Crippen LogP contribution in [-0.2, 0) is 18.9 Å². The van der Waals surface area contributed by atoms with Crippen LogP contribution in [0.2, 0.25) is 0 Å². The second kappa shape index (κ2) is 3.99. The van der Waals surface area contributed by atoms with Crippen LogP contribution >= 0.6 is 0 Å². The molecule has 1 rings (SSSR count). The van der Waals surface area contributed by atoms with Crippen molar-refractivity contribution in [3.8, 4) is 0 Å². The molecule has 0 aromatic carbocycles. The van der Waals surface area contributed by atoms with Gasteiger partial charge in [0.1, 0.15) is 5.69 Å². The molecular formula is C8H12N4O3. The number of nitrogens with two attached hydrogens (primary N) is 1. The third-order valence-electron chi connectivity index (χ3n) is 1.90. The number of carbonyl (C=O) groups excluding carboxylic acids is 1. The Morgan fingerprint density at radius 2 is 2.07 bits per heavy atom. The summed E-state index contributed by atoms with van der Waals surface area (Å²) in [5.74, 6) is -0.578. The zero-order valence-corrected chi connectivity index (χ0v) is 8.48. The Bertz CT molecular complexity index is 500. The zero-order chi connectivity index (χ0) is 11.6. The standard InChI is InChI=1S/C8H12N4O3/c1-11-4-5(10-3-6(9)13)7(14)12(2)8(11)15/h4,10H,3H2,1-2H3,(H2,9,13). The summed E-state index contributed by atoms with van der Waals surface area (Å²) >= 11 is 0. The number of rotatable bonds is 3. The average Bonchev–Trinajstić information content (AvgIpc) is 2.18. The Balaban J connectivity index is 3.16. The van der Waals surface area contributed by atoms with Crippen LogP contribution in [0, 0.1) is 0 Å². The quantitative estimate of drug-likeness (QED) is 0.604. The SMILES string of the molecule is Cn1cc(NCC(N)=O)c(=O)n(C)c1=O. The van der Waals surface area contributed by atoms with Crippen LogP contribution in [0.4, 0.5) is 5.69 Å². The fourth-order valence-corrected chi connectivity index (χ4v) is 1.11. The largest absolute Gasteiger partial charge is 0.370 e. The first-order valence-electron chi connectivity index (χ1n) is 4.22. The highest BCUT2D eigenvalue weighted by Crippen LogP contribution is 1.93. The molecule has 1 amide bonds. The van der Waals surface area contributed by atoms with Gasteiger partial charge in [0, 0.05) is 20.3 Å². The Hall–Kier alpha value is -2.05. The molecule has 0 spiro atoms. The van der Waals surface area contributed by atoms with Gasteiger partial charge in [-0.05, 0) is 0 Å². The smallest absolute Gasteiger partial charge is 0.330 e. The van der Waals surface area contributed by atoms with Crippen molar-refractivity contribution in [2.45, 2.75) is 0 Å². The highest BCUT2D eigenvalue weighted by Gasteiger charge is 2.06. The van der Waals surface area contributed by atoms with Gasteiger partial charge in [0.25, 0.3) is 5.56 Å². The van der Waals surface area contributed by atoms with Gasteiger partial charge < -0.3 is 15.6 Å². The van der Waals surface area contributed by atoms with E-state index in [0.717, 1.165) is 4.57 Å². The fraction of sp³-hybridized carbons (Fsp3) is 0.375. The summed E-state index contributed by atoms with van der Waals surface area (Å²) in [4.78, 5) is 33.3. The Morgan fingerprint density at radius 1 is 1.47 bits per heavy atom. The number of aromatic nitrogens is 2. The van der Waals surface area contributed by atoms with Crippen LogP contribution in [0.15, 0.2) is 15.8 Å². The molecule has 0 bridgehead atoms. The molecule has 1 heterocycles. The molecule has 0 aliphatic carbocycles. The van der Waals surface area contributed by atoms with E-state index in [1.165, 1.54) is 24.9 Å². The number of amides is 1. The number of nitrogens with one attached hydrogen (secondary N) is 1. The van der Waals surface area contributed by atoms with Crippen molar-refractivity contribution in [3.63, 3.8) is 0 Å². The van der Waals surface area contributed by atoms with Crippen LogP contribution in [-0.4, -0.2) is 21.6 Å². The van der Waals surface area contributed by atoms with Gasteiger partial charge >= 0.3 is 5.69 Å². The molecule has 7 nitrogen and oxygen atoms in total. The van der Waals surface area contributed by atoms with Crippen LogP contribution in [0.25, 0.3) is 0 Å². The maximum absolute atomic E-state index is 11.5. The molecule has 0 atom stereocenters. The molecule has 0 aliphatic heterocycles. The molecule has 15 heavy (non-hydrogen) atoms. The molecule has 1 aromatic heterocycles. The minimum Gasteiger partial charge on any atom is -0.370 e. The topological polar surface area (TPSA) is 99.1 Å². The Morgan fingerprint density at radius 3 is 2.60 bits per heavy atom. The van der Waals surface area contributed by atoms with Crippen molar-refractivity contribution < 1.29 is 4.79 Å². The van der Waals surface area contributed by atoms with E-state index in [2.05, 4.69) is 5.32 Å². The highest BCUT2D eigenvalue weighted by molar-refractivity contribution is 5.78. The second-order valence-corrected chi connectivity index (χ2v) is 3.12. The van der Waals surface area contributed by atoms with E-state index in [4.69, 9.17) is 5.73 Å². The van der Waals surface area contributed by atoms with Crippen molar-refractivity contribution in [1.29, 1.82) is 0 Å². The predicted molar refractivity (Wildman–Crippen MR) is 54.6 cm³/mol. The molecule has 7 heteroatoms. The molecular weight excluding hydrogens is 200 g/mol. The lowest BCUT2D eigenvalue weighted by Gasteiger charge is -2.07. The van der Waals surface area contributed by atoms with E-state index in [1.807, 2.05) is 0 Å². The predicted octanol–water partition coefficient (Wildman–Crippen LogP) is -2.02. The minimum absolute atomic E-state index is 0.145. The summed E-state index contributed by atoms with van der Waals surface area (Å²) in [6.07, 6.45) is 1.33. The van der Waals surface area contributed by atoms with Gasteiger partial charge in [-0.2, -0.15) is 0 Å². The highest BCUT2D eigenvalue weighted by atomic mass is 16.2. The number of primary amides is 1. The summed E-state index contributed by atoms with van der Waals surface area (Å²) in [5, 5.41) is 2.55. The lowest BCUT2D eigenvalue weighted by molar-refractivity contribution is -0.116. The lowest BCUT2D eigenvalue weighted by Crippen LogP contribution is -2.38. The molecule has 0 fully saturated rings. The van der Waals surface area contributed by atoms with E-state index in [9.17, 15) is 14.4 Å². The number of aryl methyl sites for hydroxylation is 1. The van der Waals surface area contributed by atoms with E-state index >= 15 is 0 Å². The van der Waals surface area contributed by atoms with Crippen LogP contribution in [0.5, 0.6) is 0 Å². The van der Waals surface area contributed by atoms with Crippen LogP contribution < -0.4 is 22.3 Å². The third kappa shape index (κ3) is 2.25. The van der Waals surface area contributed by atoms with Gasteiger partial charge in [0.2, 0.25) is 5.91 Å². The van der Waals surface area contributed by atoms with Crippen molar-refractivity contribution in [2.75, 3.05) is 11.9 Å². The first kappa shape index (κ1) is 11.0. The van der Waals surface area contributed by atoms with Gasteiger partial charge in [0.05, 0.1) is 6.54 Å². The first-order valence-corrected chi connectivity index (χ1v) is 4.22. The van der Waals surface area contributed by atoms with Crippen LogP contribution in [0.1, 0.15) is 0 Å². The van der Waals surface area contributed by atoms with Gasteiger partial charge in [-0.3, -0.25) is 14.2 Å². The van der Waals surface area contributed by atoms with Gasteiger partial charge in [-0.1, -0.05) is 0 Å². The average molecular weight is 212 g/mol. The summed E-state index contributed by atoms with van der Waals surface area (Å²) in [6, 6.07) is 0. The first-order chi connectivity index (χ1) is 6.93. The maximum Gasteiger partial charge on any atom is 0.330 e. The summed E-state index contributed by atoms with van der Waals surface area (Å²) in [6.45, 7) is -0.145. The van der Waals surface area contributed by atoms with Crippen molar-refractivity contribution in [1.82, 2.24) is 9.13 Å². The van der Waals surface area contributed by atoms with Gasteiger partial charge in [0.15, 0.2) is 0 Å². The van der Waals surface area contributed by atoms with Crippen molar-refractivity contribution in [3.05, 3.63) is 27.0 Å². The number of carbonyl (C=O) groups is 1. The van der Waals surface area contributed by atoms with E-state index in [1.54, 1.807) is 0 Å². The molecule has 0 unspecified atom stereocenters. The number of hydrogen-bond donors (Lipinski definition) is 2. The number of hydrogen-bond acceptors (Lipinski definition) is 4. The Kier molecular flexibility index (Phi) is 2.93. The number of nitrogens with zero attached hydrogens (tertiary/aromatic N) is 2. The van der Waals surface area contributed by atoms with Gasteiger partial charge in [-0.15, -0.1) is 0 Å². The molecule has 0 radical (unpaired) electrons. The van der Waals surface area contributed by atoms with Crippen molar-refractivity contribution in [2.24, 2.45) is 19.8 Å². The molecule has 0 saturated heterocycles. The zero-order valence-electron chi connectivity index (χ0n) is 8.48. The van der Waals surface area contributed by atoms with Crippen LogP contribution in [0.3, 0.4) is 0 Å². The second-order valence-electron chi connectivity index (χ2n) is 3.12. The summed E-state index contributed by atoms with van der Waals surface area (Å²) < 4.78 is 2.19. The van der Waals surface area contributed by atoms with Crippen molar-refractivity contribution >= 4 is 11.6 Å². The summed E-state index contributed by atoms with van der Waals surface area (Å²) in [5.41, 5.74) is 4.17. The maximum atomic E-state index is 11.5. The van der Waals surface area contributed by atoms with Gasteiger partial charge in [-0.25, -0.2) is 4.79 Å². The normalized spacial score (nSPS) is 10.0. The Labute approximate surface area is 85.1 Å². The molecule has 0 saturated carbocycles. The molecule has 0 aliphatic rings. The van der Waals surface area contributed by atoms with E-state index in [-0.39, 0.29) is 12.2 Å². The monoisotopic (exact) mass is 212 g/mol. The summed E-state index contributed by atoms with van der Waals surface area (Å²) in [7, 11) is 2.87.